The number of likely N-dealkylation sites (N-methyl/N-ethyl adjacent to an activating group) is 1. The molecule has 0 spiro atoms. The zero-order valence-electron chi connectivity index (χ0n) is 13.7. The molecule has 0 aliphatic carbocycles. The summed E-state index contributed by atoms with van der Waals surface area (Å²) in [5.74, 6) is 0. The fraction of sp³-hybridized carbons (Fsp3) is 0.500. The maximum Gasteiger partial charge on any atom is 0.491 e. The first-order chi connectivity index (χ1) is 10.2. The minimum absolute atomic E-state index is 0.356. The molecule has 1 fully saturated rings. The van der Waals surface area contributed by atoms with Crippen molar-refractivity contribution in [3.8, 4) is 0 Å². The van der Waals surface area contributed by atoms with Gasteiger partial charge in [0.2, 0.25) is 0 Å². The van der Waals surface area contributed by atoms with E-state index in [9.17, 15) is 0 Å². The van der Waals surface area contributed by atoms with Crippen LogP contribution in [0.1, 0.15) is 33.3 Å². The van der Waals surface area contributed by atoms with Crippen molar-refractivity contribution in [3.05, 3.63) is 38.7 Å². The quantitative estimate of drug-likeness (QED) is 0.781. The first-order valence-electron chi connectivity index (χ1n) is 7.32. The highest BCUT2D eigenvalue weighted by Gasteiger charge is 2.52. The standard InChI is InChI=1S/C16H22BBrClNO2/c1-15(2)16(3,4)22-17(21-15)12(10-20-5)8-11-9-13(18)6-7-14(11)19/h6-9,20H,10H2,1-5H3. The minimum atomic E-state index is -0.382. The van der Waals surface area contributed by atoms with Crippen molar-refractivity contribution < 1.29 is 9.31 Å². The van der Waals surface area contributed by atoms with Gasteiger partial charge >= 0.3 is 7.12 Å². The van der Waals surface area contributed by atoms with Crippen LogP contribution in [-0.4, -0.2) is 31.9 Å². The van der Waals surface area contributed by atoms with Gasteiger partial charge in [0.05, 0.1) is 11.2 Å². The normalized spacial score (nSPS) is 20.5. The topological polar surface area (TPSA) is 30.5 Å². The zero-order chi connectivity index (χ0) is 16.5. The second-order valence-corrected chi connectivity index (χ2v) is 7.83. The number of benzene rings is 1. The maximum absolute atomic E-state index is 6.29. The van der Waals surface area contributed by atoms with Gasteiger partial charge in [-0.2, -0.15) is 0 Å². The fourth-order valence-corrected chi connectivity index (χ4v) is 2.78. The first-order valence-corrected chi connectivity index (χ1v) is 8.49. The molecule has 2 rings (SSSR count). The molecule has 1 N–H and O–H groups in total. The summed E-state index contributed by atoms with van der Waals surface area (Å²) in [5, 5.41) is 3.87. The smallest absolute Gasteiger partial charge is 0.400 e. The van der Waals surface area contributed by atoms with Crippen LogP contribution in [-0.2, 0) is 9.31 Å². The third-order valence-corrected chi connectivity index (χ3v) is 5.07. The van der Waals surface area contributed by atoms with Crippen LogP contribution < -0.4 is 5.32 Å². The van der Waals surface area contributed by atoms with E-state index >= 15 is 0 Å². The van der Waals surface area contributed by atoms with E-state index in [1.54, 1.807) is 0 Å². The second-order valence-electron chi connectivity index (χ2n) is 6.50. The Bertz CT molecular complexity index is 574. The lowest BCUT2D eigenvalue weighted by atomic mass is 9.77. The van der Waals surface area contributed by atoms with Crippen LogP contribution in [0.5, 0.6) is 0 Å². The van der Waals surface area contributed by atoms with Crippen LogP contribution >= 0.6 is 27.5 Å². The molecule has 0 radical (unpaired) electrons. The van der Waals surface area contributed by atoms with Crippen LogP contribution in [0.15, 0.2) is 28.1 Å². The molecule has 120 valence electrons. The Morgan fingerprint density at radius 1 is 1.27 bits per heavy atom. The number of hydrogen-bond donors (Lipinski definition) is 1. The van der Waals surface area contributed by atoms with Crippen molar-refractivity contribution in [2.75, 3.05) is 13.6 Å². The number of hydrogen-bond acceptors (Lipinski definition) is 3. The second kappa shape index (κ2) is 6.66. The van der Waals surface area contributed by atoms with Gasteiger partial charge in [0.1, 0.15) is 0 Å². The monoisotopic (exact) mass is 385 g/mol. The molecule has 1 aromatic carbocycles. The third kappa shape index (κ3) is 3.77. The van der Waals surface area contributed by atoms with Gasteiger partial charge in [0.25, 0.3) is 0 Å². The summed E-state index contributed by atoms with van der Waals surface area (Å²) in [4.78, 5) is 0. The molecular formula is C16H22BBrClNO2. The lowest BCUT2D eigenvalue weighted by Crippen LogP contribution is -2.41. The van der Waals surface area contributed by atoms with E-state index in [4.69, 9.17) is 20.9 Å². The molecule has 6 heteroatoms. The lowest BCUT2D eigenvalue weighted by molar-refractivity contribution is 0.00578. The van der Waals surface area contributed by atoms with Crippen LogP contribution in [0.3, 0.4) is 0 Å². The number of halogens is 2. The Kier molecular flexibility index (Phi) is 5.45. The van der Waals surface area contributed by atoms with Gasteiger partial charge in [0, 0.05) is 16.0 Å². The van der Waals surface area contributed by atoms with E-state index in [0.717, 1.165) is 15.5 Å². The summed E-state index contributed by atoms with van der Waals surface area (Å²) in [6.07, 6.45) is 2.03. The maximum atomic E-state index is 6.29. The van der Waals surface area contributed by atoms with Crippen molar-refractivity contribution >= 4 is 40.7 Å². The summed E-state index contributed by atoms with van der Waals surface area (Å²) in [6, 6.07) is 5.79. The van der Waals surface area contributed by atoms with Crippen molar-refractivity contribution in [2.24, 2.45) is 0 Å². The van der Waals surface area contributed by atoms with E-state index in [2.05, 4.69) is 48.9 Å². The van der Waals surface area contributed by atoms with Gasteiger partial charge in [-0.3, -0.25) is 0 Å². The molecule has 0 aromatic heterocycles. The van der Waals surface area contributed by atoms with Crippen LogP contribution in [0.4, 0.5) is 0 Å². The van der Waals surface area contributed by atoms with Gasteiger partial charge in [-0.1, -0.05) is 33.6 Å². The van der Waals surface area contributed by atoms with Gasteiger partial charge in [-0.05, 0) is 64.0 Å². The molecular weight excluding hydrogens is 364 g/mol. The summed E-state index contributed by atoms with van der Waals surface area (Å²) < 4.78 is 13.3. The fourth-order valence-electron chi connectivity index (χ4n) is 2.23. The van der Waals surface area contributed by atoms with E-state index in [1.807, 2.05) is 31.3 Å². The van der Waals surface area contributed by atoms with Gasteiger partial charge in [-0.15, -0.1) is 0 Å². The van der Waals surface area contributed by atoms with Crippen molar-refractivity contribution in [3.63, 3.8) is 0 Å². The largest absolute Gasteiger partial charge is 0.491 e. The van der Waals surface area contributed by atoms with E-state index < -0.39 is 0 Å². The Morgan fingerprint density at radius 2 is 1.86 bits per heavy atom. The highest BCUT2D eigenvalue weighted by atomic mass is 79.9. The molecule has 0 bridgehead atoms. The Labute approximate surface area is 146 Å². The third-order valence-electron chi connectivity index (χ3n) is 4.24. The minimum Gasteiger partial charge on any atom is -0.400 e. The van der Waals surface area contributed by atoms with Gasteiger partial charge < -0.3 is 14.6 Å². The Hall–Kier alpha value is -0.325. The molecule has 0 saturated carbocycles. The molecule has 1 saturated heterocycles. The van der Waals surface area contributed by atoms with Gasteiger partial charge in [0.15, 0.2) is 0 Å². The highest BCUT2D eigenvalue weighted by Crippen LogP contribution is 2.39. The molecule has 0 unspecified atom stereocenters. The van der Waals surface area contributed by atoms with Crippen molar-refractivity contribution in [1.82, 2.24) is 5.32 Å². The molecule has 0 amide bonds. The molecule has 1 heterocycles. The highest BCUT2D eigenvalue weighted by molar-refractivity contribution is 9.10. The predicted molar refractivity (Wildman–Crippen MR) is 97.1 cm³/mol. The molecule has 3 nitrogen and oxygen atoms in total. The summed E-state index contributed by atoms with van der Waals surface area (Å²) >= 11 is 9.77. The molecule has 1 aliphatic heterocycles. The summed E-state index contributed by atoms with van der Waals surface area (Å²) in [5.41, 5.74) is 1.24. The Morgan fingerprint density at radius 3 is 2.41 bits per heavy atom. The average molecular weight is 387 g/mol. The molecule has 1 aromatic rings. The Balaban J connectivity index is 2.35. The molecule has 1 aliphatic rings. The SMILES string of the molecule is CNCC(=Cc1cc(Br)ccc1Cl)B1OC(C)(C)C(C)(C)O1. The van der Waals surface area contributed by atoms with Crippen molar-refractivity contribution in [1.29, 1.82) is 0 Å². The predicted octanol–water partition coefficient (Wildman–Crippen LogP) is 4.34. The van der Waals surface area contributed by atoms with E-state index in [-0.39, 0.29) is 18.3 Å². The number of rotatable bonds is 4. The van der Waals surface area contributed by atoms with Crippen LogP contribution in [0, 0.1) is 0 Å². The van der Waals surface area contributed by atoms with Gasteiger partial charge in [-0.25, -0.2) is 0 Å². The first kappa shape index (κ1) is 18.0. The molecule has 0 atom stereocenters. The number of nitrogens with one attached hydrogen (secondary N) is 1. The van der Waals surface area contributed by atoms with Crippen molar-refractivity contribution in [2.45, 2.75) is 38.9 Å². The van der Waals surface area contributed by atoms with E-state index in [0.29, 0.717) is 11.6 Å². The average Bonchev–Trinajstić information content (AvgIpc) is 2.62. The van der Waals surface area contributed by atoms with Crippen LogP contribution in [0.2, 0.25) is 5.02 Å². The van der Waals surface area contributed by atoms with Crippen LogP contribution in [0.25, 0.3) is 6.08 Å². The molecule has 22 heavy (non-hydrogen) atoms. The van der Waals surface area contributed by atoms with E-state index in [1.165, 1.54) is 0 Å². The zero-order valence-corrected chi connectivity index (χ0v) is 16.0. The summed E-state index contributed by atoms with van der Waals surface area (Å²) in [6.45, 7) is 8.87. The lowest BCUT2D eigenvalue weighted by Gasteiger charge is -2.32. The summed E-state index contributed by atoms with van der Waals surface area (Å²) in [7, 11) is 1.52.